The second-order valence-electron chi connectivity index (χ2n) is 8.38. The number of aliphatic hydroxyl groups excluding tert-OH is 1. The molecule has 2 heterocycles. The number of carbonyl (C=O) groups is 1. The highest BCUT2D eigenvalue weighted by Gasteiger charge is 2.34. The third kappa shape index (κ3) is 6.87. The van der Waals surface area contributed by atoms with Gasteiger partial charge in [0.05, 0.1) is 23.2 Å². The van der Waals surface area contributed by atoms with Gasteiger partial charge in [0.1, 0.15) is 12.1 Å². The summed E-state index contributed by atoms with van der Waals surface area (Å²) in [6.45, 7) is -0.203. The molecule has 0 spiro atoms. The zero-order valence-electron chi connectivity index (χ0n) is 19.0. The molecular formula is C23H26N4O5S3. The molecule has 1 aliphatic carbocycles. The Bertz CT molecular complexity index is 1300. The molecule has 4 N–H and O–H groups in total. The number of nitrogens with zero attached hydrogens (tertiary/aromatic N) is 2. The average Bonchev–Trinajstić information content (AvgIpc) is 3.43. The molecule has 2 aromatic heterocycles. The molecule has 186 valence electrons. The summed E-state index contributed by atoms with van der Waals surface area (Å²) in [5, 5.41) is 20.4. The highest BCUT2D eigenvalue weighted by atomic mass is 32.2. The molecule has 4 rings (SSSR count). The van der Waals surface area contributed by atoms with Crippen molar-refractivity contribution in [3.63, 3.8) is 0 Å². The fraction of sp³-hybridized carbons (Fsp3) is 0.348. The largest absolute Gasteiger partial charge is 0.393 e. The van der Waals surface area contributed by atoms with E-state index in [1.165, 1.54) is 34.3 Å². The van der Waals surface area contributed by atoms with Crippen molar-refractivity contribution in [1.82, 2.24) is 9.97 Å². The number of thioether (sulfide) groups is 1. The molecule has 3 aromatic rings. The molecule has 0 saturated heterocycles. The minimum atomic E-state index is -4.08. The highest BCUT2D eigenvalue weighted by molar-refractivity contribution is 7.98. The first-order chi connectivity index (χ1) is 16.7. The van der Waals surface area contributed by atoms with Gasteiger partial charge in [0.2, 0.25) is 5.78 Å². The maximum absolute atomic E-state index is 13.3. The van der Waals surface area contributed by atoms with E-state index < -0.39 is 22.3 Å². The van der Waals surface area contributed by atoms with Gasteiger partial charge in [-0.1, -0.05) is 12.1 Å². The summed E-state index contributed by atoms with van der Waals surface area (Å²) in [6, 6.07) is 10.00. The molecule has 0 aliphatic heterocycles. The van der Waals surface area contributed by atoms with Crippen molar-refractivity contribution in [2.75, 3.05) is 18.2 Å². The Morgan fingerprint density at radius 2 is 2.14 bits per heavy atom. The number of hydrogen-bond acceptors (Lipinski definition) is 10. The van der Waals surface area contributed by atoms with Gasteiger partial charge >= 0.3 is 10.3 Å². The van der Waals surface area contributed by atoms with Gasteiger partial charge in [-0.25, -0.2) is 15.1 Å². The molecule has 1 fully saturated rings. The van der Waals surface area contributed by atoms with E-state index in [0.29, 0.717) is 29.1 Å². The Labute approximate surface area is 212 Å². The summed E-state index contributed by atoms with van der Waals surface area (Å²) in [7, 11) is -4.08. The van der Waals surface area contributed by atoms with Crippen LogP contribution in [0, 0.1) is 5.92 Å². The fourth-order valence-electron chi connectivity index (χ4n) is 4.12. The van der Waals surface area contributed by atoms with E-state index >= 15 is 0 Å². The molecule has 1 aromatic carbocycles. The van der Waals surface area contributed by atoms with Crippen LogP contribution in [0.2, 0.25) is 0 Å². The van der Waals surface area contributed by atoms with Crippen molar-refractivity contribution < 1.29 is 22.5 Å². The predicted molar refractivity (Wildman–Crippen MR) is 136 cm³/mol. The predicted octanol–water partition coefficient (Wildman–Crippen LogP) is 2.85. The van der Waals surface area contributed by atoms with Gasteiger partial charge in [-0.2, -0.15) is 8.42 Å². The zero-order valence-corrected chi connectivity index (χ0v) is 21.4. The number of ketones is 1. The molecule has 12 heteroatoms. The molecule has 0 bridgehead atoms. The van der Waals surface area contributed by atoms with E-state index in [4.69, 9.17) is 5.14 Å². The summed E-state index contributed by atoms with van der Waals surface area (Å²) >= 11 is 3.07. The van der Waals surface area contributed by atoms with E-state index in [2.05, 4.69) is 37.7 Å². The summed E-state index contributed by atoms with van der Waals surface area (Å²) in [6.07, 6.45) is 5.63. The smallest absolute Gasteiger partial charge is 0.333 e. The summed E-state index contributed by atoms with van der Waals surface area (Å²) in [5.41, 5.74) is 2.57. The maximum Gasteiger partial charge on any atom is 0.333 e. The second-order valence-corrected chi connectivity index (χ2v) is 11.4. The molecular weight excluding hydrogens is 508 g/mol. The average molecular weight is 535 g/mol. The van der Waals surface area contributed by atoms with E-state index in [0.717, 1.165) is 12.0 Å². The molecule has 0 unspecified atom stereocenters. The number of aliphatic hydroxyl groups is 1. The van der Waals surface area contributed by atoms with Crippen LogP contribution in [0.5, 0.6) is 0 Å². The first-order valence-electron chi connectivity index (χ1n) is 10.9. The maximum atomic E-state index is 13.3. The van der Waals surface area contributed by atoms with Gasteiger partial charge in [-0.05, 0) is 60.2 Å². The van der Waals surface area contributed by atoms with Crippen molar-refractivity contribution >= 4 is 45.0 Å². The number of aromatic nitrogens is 2. The molecule has 35 heavy (non-hydrogen) atoms. The first-order valence-corrected chi connectivity index (χ1v) is 14.5. The number of nitrogens with one attached hydrogen (secondary N) is 1. The number of thiophene rings is 1. The van der Waals surface area contributed by atoms with Gasteiger partial charge in [-0.3, -0.25) is 8.98 Å². The Balaban J connectivity index is 1.44. The van der Waals surface area contributed by atoms with Gasteiger partial charge in [-0.15, -0.1) is 23.1 Å². The van der Waals surface area contributed by atoms with Gasteiger partial charge in [0.25, 0.3) is 0 Å². The van der Waals surface area contributed by atoms with Crippen molar-refractivity contribution in [2.24, 2.45) is 11.1 Å². The van der Waals surface area contributed by atoms with Crippen molar-refractivity contribution in [3.05, 3.63) is 69.8 Å². The topological polar surface area (TPSA) is 144 Å². The Morgan fingerprint density at radius 1 is 1.31 bits per heavy atom. The molecule has 0 radical (unpaired) electrons. The number of nitrogens with two attached hydrogens (primary N) is 1. The van der Waals surface area contributed by atoms with Crippen LogP contribution in [0.3, 0.4) is 0 Å². The minimum Gasteiger partial charge on any atom is -0.393 e. The van der Waals surface area contributed by atoms with E-state index in [9.17, 15) is 18.3 Å². The Morgan fingerprint density at radius 3 is 2.91 bits per heavy atom. The molecule has 0 amide bonds. The van der Waals surface area contributed by atoms with Crippen molar-refractivity contribution in [1.29, 1.82) is 0 Å². The lowest BCUT2D eigenvalue weighted by molar-refractivity contribution is 0.101. The SMILES string of the molecule is CSc1cccc(Cc2csc(C(=O)c3cncnc3N[C@@H]3C[C@H](COS(N)(=O)=O)[C@@H](O)C3)c2)c1. The van der Waals surface area contributed by atoms with Crippen LogP contribution >= 0.6 is 23.1 Å². The van der Waals surface area contributed by atoms with Gasteiger partial charge < -0.3 is 10.4 Å². The number of anilines is 1. The first kappa shape index (κ1) is 25.7. The van der Waals surface area contributed by atoms with Crippen molar-refractivity contribution in [2.45, 2.75) is 36.3 Å². The number of carbonyl (C=O) groups excluding carboxylic acids is 1. The zero-order chi connectivity index (χ0) is 25.0. The van der Waals surface area contributed by atoms with Crippen LogP contribution in [0.25, 0.3) is 0 Å². The summed E-state index contributed by atoms with van der Waals surface area (Å²) < 4.78 is 26.8. The van der Waals surface area contributed by atoms with Gasteiger partial charge in [0, 0.05) is 23.1 Å². The quantitative estimate of drug-likeness (QED) is 0.264. The fourth-order valence-corrected chi connectivity index (χ4v) is 5.84. The second kappa shape index (κ2) is 11.1. The Kier molecular flexibility index (Phi) is 8.19. The highest BCUT2D eigenvalue weighted by Crippen LogP contribution is 2.30. The third-order valence-electron chi connectivity index (χ3n) is 5.82. The van der Waals surface area contributed by atoms with Crippen LogP contribution in [-0.4, -0.2) is 54.3 Å². The van der Waals surface area contributed by atoms with E-state index in [1.807, 2.05) is 23.8 Å². The number of rotatable bonds is 10. The lowest BCUT2D eigenvalue weighted by Crippen LogP contribution is -2.24. The normalized spacial score (nSPS) is 20.1. The van der Waals surface area contributed by atoms with E-state index in [-0.39, 0.29) is 18.4 Å². The lowest BCUT2D eigenvalue weighted by Gasteiger charge is -2.15. The van der Waals surface area contributed by atoms with Crippen LogP contribution in [0.1, 0.15) is 39.2 Å². The van der Waals surface area contributed by atoms with Crippen LogP contribution in [0.15, 0.2) is 53.1 Å². The number of benzene rings is 1. The summed E-state index contributed by atoms with van der Waals surface area (Å²) in [4.78, 5) is 23.3. The van der Waals surface area contributed by atoms with Crippen LogP contribution in [-0.2, 0) is 20.9 Å². The van der Waals surface area contributed by atoms with Gasteiger partial charge in [0.15, 0.2) is 0 Å². The minimum absolute atomic E-state index is 0.185. The molecule has 3 atom stereocenters. The van der Waals surface area contributed by atoms with Crippen LogP contribution < -0.4 is 10.5 Å². The standard InChI is InChI=1S/C23H26N4O5S3/c1-33-18-4-2-3-14(6-18)5-15-7-21(34-12-15)22(29)19-10-25-13-26-23(19)27-17-8-16(20(28)9-17)11-32-35(24,30)31/h2-4,6-7,10,12-13,16-17,20,28H,5,8-9,11H2,1H3,(H2,24,30,31)(H,25,26,27)/t16-,17-,20+/m1/s1. The van der Waals surface area contributed by atoms with Crippen LogP contribution in [0.4, 0.5) is 5.82 Å². The summed E-state index contributed by atoms with van der Waals surface area (Å²) in [5.74, 6) is -0.219. The lowest BCUT2D eigenvalue weighted by atomic mass is 10.1. The number of hydrogen-bond donors (Lipinski definition) is 3. The van der Waals surface area contributed by atoms with E-state index in [1.54, 1.807) is 11.8 Å². The molecule has 9 nitrogen and oxygen atoms in total. The third-order valence-corrected chi connectivity index (χ3v) is 7.99. The molecule has 1 aliphatic rings. The van der Waals surface area contributed by atoms with Crippen molar-refractivity contribution in [3.8, 4) is 0 Å². The monoisotopic (exact) mass is 534 g/mol. The molecule has 1 saturated carbocycles. The Hall–Kier alpha value is -2.35.